The van der Waals surface area contributed by atoms with E-state index in [1.165, 1.54) is 0 Å². The van der Waals surface area contributed by atoms with Crippen LogP contribution in [-0.2, 0) is 0 Å². The zero-order chi connectivity index (χ0) is 32.0. The maximum Gasteiger partial charge on any atom is 0.0782 e. The van der Waals surface area contributed by atoms with Crippen LogP contribution in [0.1, 0.15) is 11.0 Å². The Bertz CT molecular complexity index is 2490. The van der Waals surface area contributed by atoms with Gasteiger partial charge in [0.15, 0.2) is 0 Å². The van der Waals surface area contributed by atoms with Crippen LogP contribution in [0.5, 0.6) is 0 Å². The predicted octanol–water partition coefficient (Wildman–Crippen LogP) is 9.55. The molecule has 0 saturated carbocycles. The zero-order valence-corrected chi connectivity index (χ0v) is 20.1. The second-order valence-corrected chi connectivity index (χ2v) is 9.21. The number of para-hydroxylation sites is 4. The molecule has 0 bridgehead atoms. The van der Waals surface area contributed by atoms with E-state index in [-0.39, 0.29) is 46.5 Å². The van der Waals surface area contributed by atoms with Crippen molar-refractivity contribution < 1.29 is 11.0 Å². The van der Waals surface area contributed by atoms with Gasteiger partial charge in [0, 0.05) is 27.2 Å². The molecule has 2 heteroatoms. The van der Waals surface area contributed by atoms with Gasteiger partial charge in [0.05, 0.1) is 38.7 Å². The lowest BCUT2D eigenvalue weighted by molar-refractivity contribution is 1.13. The fraction of sp³-hybridized carbons (Fsp3) is 0. The molecule has 0 fully saturated rings. The first kappa shape index (κ1) is 14.6. The van der Waals surface area contributed by atoms with Gasteiger partial charge in [0.2, 0.25) is 0 Å². The Morgan fingerprint density at radius 1 is 0.421 bits per heavy atom. The average Bonchev–Trinajstić information content (AvgIpc) is 3.60. The number of hydrogen-bond acceptors (Lipinski definition) is 0. The molecule has 178 valence electrons. The minimum Gasteiger partial charge on any atom is -0.307 e. The quantitative estimate of drug-likeness (QED) is 0.232. The number of rotatable bonds is 3. The summed E-state index contributed by atoms with van der Waals surface area (Å²) >= 11 is 0. The van der Waals surface area contributed by atoms with Crippen LogP contribution in [0.3, 0.4) is 0 Å². The fourth-order valence-corrected chi connectivity index (χ4v) is 5.52. The maximum absolute atomic E-state index is 9.31. The molecule has 6 aromatic carbocycles. The number of aromatic nitrogens is 2. The molecule has 0 unspecified atom stereocenters. The van der Waals surface area contributed by atoms with E-state index in [4.69, 9.17) is 9.60 Å². The summed E-state index contributed by atoms with van der Waals surface area (Å²) in [5.74, 6) is 0. The van der Waals surface area contributed by atoms with Crippen molar-refractivity contribution >= 4 is 43.6 Å². The number of fused-ring (bicyclic) bond motifs is 6. The molecule has 0 aliphatic heterocycles. The van der Waals surface area contributed by atoms with Crippen molar-refractivity contribution in [2.24, 2.45) is 0 Å². The van der Waals surface area contributed by atoms with E-state index in [0.29, 0.717) is 22.9 Å². The summed E-state index contributed by atoms with van der Waals surface area (Å²) in [6, 6.07) is 28.5. The summed E-state index contributed by atoms with van der Waals surface area (Å²) in [6.45, 7) is 0. The third-order valence-electron chi connectivity index (χ3n) is 7.18. The summed E-state index contributed by atoms with van der Waals surface area (Å²) < 4.78 is 73.8. The third kappa shape index (κ3) is 3.01. The molecular formula is C36H24N2. The van der Waals surface area contributed by atoms with Gasteiger partial charge < -0.3 is 9.13 Å². The van der Waals surface area contributed by atoms with Crippen LogP contribution in [-0.4, -0.2) is 9.13 Å². The van der Waals surface area contributed by atoms with Gasteiger partial charge >= 0.3 is 0 Å². The summed E-state index contributed by atoms with van der Waals surface area (Å²) in [6.07, 6.45) is 0. The van der Waals surface area contributed by atoms with E-state index in [0.717, 1.165) is 32.9 Å². The van der Waals surface area contributed by atoms with Crippen molar-refractivity contribution in [1.82, 2.24) is 9.13 Å². The monoisotopic (exact) mass is 492 g/mol. The molecule has 0 atom stereocenters. The summed E-state index contributed by atoms with van der Waals surface area (Å²) in [5, 5.41) is 2.22. The minimum absolute atomic E-state index is 0.136. The van der Waals surface area contributed by atoms with Gasteiger partial charge in [0.1, 0.15) is 0 Å². The van der Waals surface area contributed by atoms with Crippen LogP contribution in [0.25, 0.3) is 66.1 Å². The first-order valence-electron chi connectivity index (χ1n) is 16.4. The van der Waals surface area contributed by atoms with Gasteiger partial charge in [-0.3, -0.25) is 0 Å². The highest BCUT2D eigenvalue weighted by Crippen LogP contribution is 2.39. The highest BCUT2D eigenvalue weighted by atomic mass is 15.1. The number of benzene rings is 6. The Morgan fingerprint density at radius 2 is 1.05 bits per heavy atom. The molecule has 0 amide bonds. The molecule has 0 saturated heterocycles. The van der Waals surface area contributed by atoms with E-state index in [1.807, 2.05) is 89.5 Å². The number of nitrogens with zero attached hydrogens (tertiary/aromatic N) is 2. The predicted molar refractivity (Wildman–Crippen MR) is 161 cm³/mol. The van der Waals surface area contributed by atoms with Crippen molar-refractivity contribution in [2.45, 2.75) is 0 Å². The summed E-state index contributed by atoms with van der Waals surface area (Å²) in [7, 11) is 0. The smallest absolute Gasteiger partial charge is 0.0782 e. The second kappa shape index (κ2) is 8.22. The number of hydrogen-bond donors (Lipinski definition) is 0. The molecule has 0 aliphatic rings. The standard InChI is InChI=1S/C36H24N2/c1-2-11-25(12-3-1)26-21-23-27(24-22-26)37-32-17-7-6-15-30(32)31-16-10-20-35(36(31)37)38-33-18-8-4-13-28(33)29-14-5-9-19-34(29)38/h1-24H/i1D,6D,7D,10D,15D,16D,17D,20D. The van der Waals surface area contributed by atoms with E-state index in [9.17, 15) is 1.37 Å². The van der Waals surface area contributed by atoms with Crippen molar-refractivity contribution in [2.75, 3.05) is 0 Å². The van der Waals surface area contributed by atoms with Crippen molar-refractivity contribution in [3.05, 3.63) is 145 Å². The van der Waals surface area contributed by atoms with Gasteiger partial charge in [-0.25, -0.2) is 0 Å². The molecule has 0 N–H and O–H groups in total. The molecule has 0 spiro atoms. The minimum atomic E-state index is -0.427. The summed E-state index contributed by atoms with van der Waals surface area (Å²) in [5.41, 5.74) is 4.81. The maximum atomic E-state index is 9.31. The van der Waals surface area contributed by atoms with Crippen LogP contribution < -0.4 is 0 Å². The average molecular weight is 493 g/mol. The van der Waals surface area contributed by atoms with Crippen LogP contribution in [0.15, 0.2) is 145 Å². The van der Waals surface area contributed by atoms with Crippen LogP contribution >= 0.6 is 0 Å². The highest BCUT2D eigenvalue weighted by molar-refractivity contribution is 6.15. The Kier molecular flexibility index (Phi) is 3.16. The first-order chi connectivity index (χ1) is 22.2. The summed E-state index contributed by atoms with van der Waals surface area (Å²) in [4.78, 5) is 0. The SMILES string of the molecule is [2H]c1ccc(-c2ccc(-n3c4c([2H])c([2H])c([2H])c([2H])c4c4c([2H])c([2H])c([2H])c(-n5c6ccccc6c6ccccc65)c43)cc2)cc1. The van der Waals surface area contributed by atoms with Crippen LogP contribution in [0.4, 0.5) is 0 Å². The molecular weight excluding hydrogens is 460 g/mol. The first-order valence-corrected chi connectivity index (χ1v) is 12.4. The van der Waals surface area contributed by atoms with Crippen molar-refractivity contribution in [3.8, 4) is 22.5 Å². The Hall–Kier alpha value is -5.08. The van der Waals surface area contributed by atoms with Gasteiger partial charge in [-0.05, 0) is 47.5 Å². The lowest BCUT2D eigenvalue weighted by Crippen LogP contribution is -2.00. The molecule has 8 aromatic rings. The molecule has 8 rings (SSSR count). The Balaban J connectivity index is 1.59. The second-order valence-electron chi connectivity index (χ2n) is 9.21. The van der Waals surface area contributed by atoms with E-state index in [2.05, 4.69) is 0 Å². The van der Waals surface area contributed by atoms with Gasteiger partial charge in [-0.15, -0.1) is 0 Å². The van der Waals surface area contributed by atoms with Crippen molar-refractivity contribution in [1.29, 1.82) is 0 Å². The lowest BCUT2D eigenvalue weighted by Gasteiger charge is -2.14. The lowest BCUT2D eigenvalue weighted by atomic mass is 10.1. The molecule has 2 aromatic heterocycles. The van der Waals surface area contributed by atoms with E-state index < -0.39 is 12.1 Å². The normalized spacial score (nSPS) is 14.6. The molecule has 2 heterocycles. The molecule has 0 aliphatic carbocycles. The Labute approximate surface area is 231 Å². The van der Waals surface area contributed by atoms with E-state index >= 15 is 0 Å². The van der Waals surface area contributed by atoms with Gasteiger partial charge in [0.25, 0.3) is 0 Å². The van der Waals surface area contributed by atoms with Crippen molar-refractivity contribution in [3.63, 3.8) is 0 Å². The fourth-order valence-electron chi connectivity index (χ4n) is 5.52. The van der Waals surface area contributed by atoms with Crippen LogP contribution in [0, 0.1) is 0 Å². The molecule has 38 heavy (non-hydrogen) atoms. The zero-order valence-electron chi connectivity index (χ0n) is 28.1. The molecule has 2 nitrogen and oxygen atoms in total. The molecule has 0 radical (unpaired) electrons. The van der Waals surface area contributed by atoms with E-state index in [1.54, 1.807) is 16.7 Å². The van der Waals surface area contributed by atoms with Gasteiger partial charge in [-0.2, -0.15) is 0 Å². The van der Waals surface area contributed by atoms with Crippen LogP contribution in [0.2, 0.25) is 0 Å². The Morgan fingerprint density at radius 3 is 1.79 bits per heavy atom. The third-order valence-corrected chi connectivity index (χ3v) is 7.18. The topological polar surface area (TPSA) is 9.86 Å². The van der Waals surface area contributed by atoms with Gasteiger partial charge in [-0.1, -0.05) is 109 Å². The largest absolute Gasteiger partial charge is 0.307 e. The highest BCUT2D eigenvalue weighted by Gasteiger charge is 2.19.